The van der Waals surface area contributed by atoms with E-state index in [4.69, 9.17) is 4.74 Å². The number of hydrogen-bond acceptors (Lipinski definition) is 4. The summed E-state index contributed by atoms with van der Waals surface area (Å²) in [7, 11) is 0. The Balaban J connectivity index is 1.43. The molecule has 1 fully saturated rings. The molecule has 4 rings (SSSR count). The molecule has 3 atom stereocenters. The number of nitrogens with one attached hydrogen (secondary N) is 1. The lowest BCUT2D eigenvalue weighted by Crippen LogP contribution is -2.49. The number of unbranched alkanes of at least 4 members (excludes halogenated alkanes) is 1. The van der Waals surface area contributed by atoms with Crippen LogP contribution in [-0.2, 0) is 14.3 Å². The summed E-state index contributed by atoms with van der Waals surface area (Å²) in [5.74, 6) is -1.39. The summed E-state index contributed by atoms with van der Waals surface area (Å²) in [6.45, 7) is 6.21. The van der Waals surface area contributed by atoms with Gasteiger partial charge in [0.05, 0.1) is 5.41 Å². The van der Waals surface area contributed by atoms with Gasteiger partial charge in [-0.25, -0.2) is 4.79 Å². The number of rotatable bonds is 8. The second-order valence-corrected chi connectivity index (χ2v) is 10.0. The average Bonchev–Trinajstić information content (AvgIpc) is 3.34. The molecule has 2 N–H and O–H groups in total. The van der Waals surface area contributed by atoms with E-state index in [0.717, 1.165) is 35.1 Å². The van der Waals surface area contributed by atoms with Crippen molar-refractivity contribution in [2.45, 2.75) is 52.0 Å². The summed E-state index contributed by atoms with van der Waals surface area (Å²) in [6, 6.07) is 15.5. The fourth-order valence-corrected chi connectivity index (χ4v) is 5.26. The quantitative estimate of drug-likeness (QED) is 0.576. The monoisotopic (exact) mass is 478 g/mol. The van der Waals surface area contributed by atoms with Crippen LogP contribution in [-0.4, -0.2) is 53.7 Å². The number of nitrogens with zero attached hydrogens (tertiary/aromatic N) is 1. The van der Waals surface area contributed by atoms with Gasteiger partial charge in [0.15, 0.2) is 0 Å². The standard InChI is InChI=1S/C28H34N2O5/c1-4-5-14-24(25(31)30-15-18(2)28(3,17-30)26(32)33)29-27(34)35-16-23-21-12-8-6-10-19(21)20-11-7-9-13-22(20)23/h6-13,18,23-24H,4-5,14-17H2,1-3H3,(H,29,34)(H,32,33)/t18-,24?,28-/m0/s1. The minimum atomic E-state index is -0.991. The van der Waals surface area contributed by atoms with Gasteiger partial charge in [0.25, 0.3) is 0 Å². The Hall–Kier alpha value is -3.35. The van der Waals surface area contributed by atoms with Crippen LogP contribution in [0, 0.1) is 11.3 Å². The van der Waals surface area contributed by atoms with Crippen LogP contribution in [0.1, 0.15) is 57.1 Å². The number of aliphatic carboxylic acids is 1. The minimum Gasteiger partial charge on any atom is -0.481 e. The zero-order valence-electron chi connectivity index (χ0n) is 20.6. The zero-order chi connectivity index (χ0) is 25.2. The highest BCUT2D eigenvalue weighted by atomic mass is 16.5. The van der Waals surface area contributed by atoms with Crippen molar-refractivity contribution in [3.05, 3.63) is 59.7 Å². The van der Waals surface area contributed by atoms with E-state index in [1.807, 2.05) is 38.1 Å². The molecule has 7 nitrogen and oxygen atoms in total. The van der Waals surface area contributed by atoms with E-state index in [1.54, 1.807) is 11.8 Å². The molecule has 2 aromatic carbocycles. The second-order valence-electron chi connectivity index (χ2n) is 10.0. The molecule has 1 unspecified atom stereocenters. The predicted octanol–water partition coefficient (Wildman–Crippen LogP) is 4.65. The number of alkyl carbamates (subject to hydrolysis) is 1. The third-order valence-corrected chi connectivity index (χ3v) is 7.68. The van der Waals surface area contributed by atoms with Crippen molar-refractivity contribution in [1.82, 2.24) is 10.2 Å². The first-order valence-electron chi connectivity index (χ1n) is 12.4. The molecule has 0 aromatic heterocycles. The van der Waals surface area contributed by atoms with Gasteiger partial charge in [-0.1, -0.05) is 75.2 Å². The number of ether oxygens (including phenoxy) is 1. The van der Waals surface area contributed by atoms with Crippen molar-refractivity contribution >= 4 is 18.0 Å². The molecule has 0 spiro atoms. The van der Waals surface area contributed by atoms with E-state index in [0.29, 0.717) is 13.0 Å². The topological polar surface area (TPSA) is 95.9 Å². The summed E-state index contributed by atoms with van der Waals surface area (Å²) in [5, 5.41) is 12.4. The van der Waals surface area contributed by atoms with E-state index >= 15 is 0 Å². The largest absolute Gasteiger partial charge is 0.481 e. The third-order valence-electron chi connectivity index (χ3n) is 7.68. The molecule has 1 saturated heterocycles. The van der Waals surface area contributed by atoms with Crippen molar-refractivity contribution in [2.24, 2.45) is 11.3 Å². The maximum absolute atomic E-state index is 13.3. The van der Waals surface area contributed by atoms with Crippen LogP contribution in [0.4, 0.5) is 4.79 Å². The number of benzene rings is 2. The molecule has 35 heavy (non-hydrogen) atoms. The van der Waals surface area contributed by atoms with Gasteiger partial charge in [-0.05, 0) is 41.5 Å². The first-order chi connectivity index (χ1) is 16.8. The highest BCUT2D eigenvalue weighted by Crippen LogP contribution is 2.44. The molecule has 186 valence electrons. The maximum Gasteiger partial charge on any atom is 0.407 e. The normalized spacial score (nSPS) is 21.8. The molecule has 7 heteroatoms. The van der Waals surface area contributed by atoms with Crippen molar-refractivity contribution in [2.75, 3.05) is 19.7 Å². The number of carbonyl (C=O) groups excluding carboxylic acids is 2. The number of carboxylic acid groups (broad SMARTS) is 1. The Labute approximate surface area is 206 Å². The number of carbonyl (C=O) groups is 3. The molecule has 0 saturated carbocycles. The summed E-state index contributed by atoms with van der Waals surface area (Å²) in [6.07, 6.45) is 1.49. The van der Waals surface area contributed by atoms with Gasteiger partial charge < -0.3 is 20.1 Å². The lowest BCUT2D eigenvalue weighted by molar-refractivity contribution is -0.149. The van der Waals surface area contributed by atoms with Crippen molar-refractivity contribution in [3.8, 4) is 11.1 Å². The lowest BCUT2D eigenvalue weighted by atomic mass is 9.81. The van der Waals surface area contributed by atoms with E-state index in [-0.39, 0.29) is 30.9 Å². The maximum atomic E-state index is 13.3. The molecule has 1 heterocycles. The Morgan fingerprint density at radius 1 is 1.11 bits per heavy atom. The molecular weight excluding hydrogens is 444 g/mol. The second kappa shape index (κ2) is 10.1. The molecule has 2 amide bonds. The van der Waals surface area contributed by atoms with Gasteiger partial charge in [-0.15, -0.1) is 0 Å². The Morgan fingerprint density at radius 3 is 2.26 bits per heavy atom. The molecule has 2 aliphatic rings. The van der Waals surface area contributed by atoms with Crippen LogP contribution >= 0.6 is 0 Å². The average molecular weight is 479 g/mol. The number of fused-ring (bicyclic) bond motifs is 3. The van der Waals surface area contributed by atoms with Crippen LogP contribution in [0.15, 0.2) is 48.5 Å². The smallest absolute Gasteiger partial charge is 0.407 e. The lowest BCUT2D eigenvalue weighted by Gasteiger charge is -2.26. The molecule has 1 aliphatic carbocycles. The van der Waals surface area contributed by atoms with Crippen molar-refractivity contribution < 1.29 is 24.2 Å². The predicted molar refractivity (Wildman–Crippen MR) is 133 cm³/mol. The first-order valence-corrected chi connectivity index (χ1v) is 12.4. The van der Waals surface area contributed by atoms with Crippen LogP contribution in [0.25, 0.3) is 11.1 Å². The highest BCUT2D eigenvalue weighted by Gasteiger charge is 2.48. The van der Waals surface area contributed by atoms with Crippen molar-refractivity contribution in [1.29, 1.82) is 0 Å². The summed E-state index contributed by atoms with van der Waals surface area (Å²) in [5.41, 5.74) is 3.56. The van der Waals surface area contributed by atoms with Crippen LogP contribution in [0.5, 0.6) is 0 Å². The third kappa shape index (κ3) is 4.77. The number of hydrogen-bond donors (Lipinski definition) is 2. The Bertz CT molecular complexity index is 1070. The Morgan fingerprint density at radius 2 is 1.71 bits per heavy atom. The Kier molecular flexibility index (Phi) is 7.15. The molecule has 1 aliphatic heterocycles. The van der Waals surface area contributed by atoms with E-state index in [1.165, 1.54) is 0 Å². The number of likely N-dealkylation sites (tertiary alicyclic amines) is 1. The first kappa shape index (κ1) is 24.8. The molecule has 2 aromatic rings. The molecule has 0 radical (unpaired) electrons. The fraction of sp³-hybridized carbons (Fsp3) is 0.464. The van der Waals surface area contributed by atoms with Gasteiger partial charge in [0.1, 0.15) is 12.6 Å². The fourth-order valence-electron chi connectivity index (χ4n) is 5.26. The van der Waals surface area contributed by atoms with Crippen LogP contribution in [0.3, 0.4) is 0 Å². The van der Waals surface area contributed by atoms with E-state index in [9.17, 15) is 19.5 Å². The van der Waals surface area contributed by atoms with Gasteiger partial charge >= 0.3 is 12.1 Å². The summed E-state index contributed by atoms with van der Waals surface area (Å²) in [4.78, 5) is 39.5. The summed E-state index contributed by atoms with van der Waals surface area (Å²) < 4.78 is 5.65. The van der Waals surface area contributed by atoms with Gasteiger partial charge in [0.2, 0.25) is 5.91 Å². The van der Waals surface area contributed by atoms with E-state index in [2.05, 4.69) is 29.6 Å². The zero-order valence-corrected chi connectivity index (χ0v) is 20.6. The van der Waals surface area contributed by atoms with Crippen LogP contribution in [0.2, 0.25) is 0 Å². The molecular formula is C28H34N2O5. The number of carboxylic acids is 1. The highest BCUT2D eigenvalue weighted by molar-refractivity contribution is 5.87. The van der Waals surface area contributed by atoms with Crippen LogP contribution < -0.4 is 5.32 Å². The minimum absolute atomic E-state index is 0.0614. The molecule has 0 bridgehead atoms. The summed E-state index contributed by atoms with van der Waals surface area (Å²) >= 11 is 0. The van der Waals surface area contributed by atoms with E-state index < -0.39 is 23.5 Å². The van der Waals surface area contributed by atoms with Gasteiger partial charge in [-0.2, -0.15) is 0 Å². The number of amides is 2. The van der Waals surface area contributed by atoms with Gasteiger partial charge in [-0.3, -0.25) is 9.59 Å². The van der Waals surface area contributed by atoms with Gasteiger partial charge in [0, 0.05) is 19.0 Å². The SMILES string of the molecule is CCCCC(NC(=O)OCC1c2ccccc2-c2ccccc21)C(=O)N1C[C@H](C)[C@@](C)(C(=O)O)C1. The van der Waals surface area contributed by atoms with Crippen molar-refractivity contribution in [3.63, 3.8) is 0 Å².